The molecule has 0 radical (unpaired) electrons. The second-order valence-corrected chi connectivity index (χ2v) is 13.5. The smallest absolute Gasteiger partial charge is 0.0645 e. The van der Waals surface area contributed by atoms with Crippen LogP contribution in [0.3, 0.4) is 0 Å². The molecule has 0 aliphatic heterocycles. The van der Waals surface area contributed by atoms with Gasteiger partial charge in [-0.1, -0.05) is 81.9 Å². The highest BCUT2D eigenvalue weighted by atomic mass is 79.9. The Morgan fingerprint density at radius 2 is 1.37 bits per heavy atom. The normalized spacial score (nSPS) is 19.1. The fraction of sp³-hybridized carbons (Fsp3) is 0.167. The van der Waals surface area contributed by atoms with E-state index in [9.17, 15) is 0 Å². The van der Waals surface area contributed by atoms with Gasteiger partial charge in [-0.3, -0.25) is 0 Å². The van der Waals surface area contributed by atoms with Gasteiger partial charge in [-0.25, -0.2) is 0 Å². The SMILES string of the molecule is Brc1c(Br)c2c3c(cccc3c1Br)C(Br)(Br)C2(Br)Br. The maximum atomic E-state index is 3.80. The standard InChI is InChI=1S/C12H3Br7/c13-8-4-2-1-3-5-6(4)7(9(14)10(8)15)12(18,19)11(5,16)17/h1-3H. The molecule has 0 aromatic heterocycles. The van der Waals surface area contributed by atoms with Crippen molar-refractivity contribution >= 4 is 122 Å². The summed E-state index contributed by atoms with van der Waals surface area (Å²) in [5, 5.41) is 2.39. The maximum Gasteiger partial charge on any atom is 0.136 e. The van der Waals surface area contributed by atoms with Crippen LogP contribution in [0.4, 0.5) is 0 Å². The lowest BCUT2D eigenvalue weighted by Crippen LogP contribution is -2.24. The highest BCUT2D eigenvalue weighted by Crippen LogP contribution is 2.69. The molecule has 0 nitrogen and oxygen atoms in total. The summed E-state index contributed by atoms with van der Waals surface area (Å²) in [6, 6.07) is 6.29. The molecule has 19 heavy (non-hydrogen) atoms. The van der Waals surface area contributed by atoms with Crippen molar-refractivity contribution < 1.29 is 0 Å². The molecule has 0 fully saturated rings. The molecule has 0 bridgehead atoms. The zero-order chi connectivity index (χ0) is 14.2. The van der Waals surface area contributed by atoms with Crippen LogP contribution in [0, 0.1) is 0 Å². The molecule has 0 spiro atoms. The van der Waals surface area contributed by atoms with E-state index in [4.69, 9.17) is 0 Å². The van der Waals surface area contributed by atoms with Crippen molar-refractivity contribution in [2.24, 2.45) is 0 Å². The van der Waals surface area contributed by atoms with E-state index in [1.54, 1.807) is 0 Å². The molecule has 0 unspecified atom stereocenters. The van der Waals surface area contributed by atoms with Crippen molar-refractivity contribution in [3.8, 4) is 0 Å². The molecule has 1 aliphatic carbocycles. The molecule has 2 aromatic rings. The number of halogens is 7. The summed E-state index contributed by atoms with van der Waals surface area (Å²) in [6.07, 6.45) is 0. The van der Waals surface area contributed by atoms with E-state index in [1.807, 2.05) is 0 Å². The third kappa shape index (κ3) is 2.01. The molecule has 3 rings (SSSR count). The topological polar surface area (TPSA) is 0 Å². The Kier molecular flexibility index (Phi) is 4.22. The monoisotopic (exact) mass is 699 g/mol. The van der Waals surface area contributed by atoms with Gasteiger partial charge in [-0.2, -0.15) is 0 Å². The van der Waals surface area contributed by atoms with Crippen LogP contribution in [0.25, 0.3) is 10.8 Å². The number of hydrogen-bond donors (Lipinski definition) is 0. The Hall–Kier alpha value is 2.06. The highest BCUT2D eigenvalue weighted by Gasteiger charge is 2.55. The van der Waals surface area contributed by atoms with Gasteiger partial charge < -0.3 is 0 Å². The molecular formula is C12H3Br7. The van der Waals surface area contributed by atoms with E-state index in [0.717, 1.165) is 19.0 Å². The summed E-state index contributed by atoms with van der Waals surface area (Å²) in [4.78, 5) is 0. The van der Waals surface area contributed by atoms with Crippen molar-refractivity contribution in [2.75, 3.05) is 0 Å². The number of rotatable bonds is 0. The van der Waals surface area contributed by atoms with E-state index in [1.165, 1.54) is 16.3 Å². The van der Waals surface area contributed by atoms with Gasteiger partial charge in [0.1, 0.15) is 6.47 Å². The number of benzene rings is 2. The fourth-order valence-corrected chi connectivity index (χ4v) is 7.03. The molecule has 100 valence electrons. The molecule has 0 saturated heterocycles. The van der Waals surface area contributed by atoms with Crippen molar-refractivity contribution in [3.63, 3.8) is 0 Å². The summed E-state index contributed by atoms with van der Waals surface area (Å²) in [7, 11) is 0. The van der Waals surface area contributed by atoms with Gasteiger partial charge in [0.25, 0.3) is 0 Å². The average molecular weight is 706 g/mol. The lowest BCUT2D eigenvalue weighted by Gasteiger charge is -2.29. The molecule has 7 heteroatoms. The minimum absolute atomic E-state index is 0.419. The Balaban J connectivity index is 2.64. The second-order valence-electron chi connectivity index (χ2n) is 4.19. The summed E-state index contributed by atoms with van der Waals surface area (Å²) in [5.74, 6) is 0. The Morgan fingerprint density at radius 1 is 0.737 bits per heavy atom. The summed E-state index contributed by atoms with van der Waals surface area (Å²) in [5.41, 5.74) is 2.34. The first kappa shape index (κ1) is 15.9. The first-order chi connectivity index (χ1) is 8.71. The number of alkyl halides is 4. The maximum absolute atomic E-state index is 3.80. The quantitative estimate of drug-likeness (QED) is 0.192. The third-order valence-corrected chi connectivity index (χ3v) is 12.8. The molecule has 0 heterocycles. The zero-order valence-corrected chi connectivity index (χ0v) is 20.0. The minimum atomic E-state index is -0.447. The van der Waals surface area contributed by atoms with Crippen molar-refractivity contribution in [2.45, 2.75) is 6.47 Å². The van der Waals surface area contributed by atoms with Crippen LogP contribution in [0.1, 0.15) is 11.1 Å². The Morgan fingerprint density at radius 3 is 2.00 bits per heavy atom. The van der Waals surface area contributed by atoms with Crippen LogP contribution >= 0.6 is 112 Å². The highest BCUT2D eigenvalue weighted by molar-refractivity contribution is 9.29. The lowest BCUT2D eigenvalue weighted by atomic mass is 10.1. The average Bonchev–Trinajstić information content (AvgIpc) is 2.50. The first-order valence-corrected chi connectivity index (χ1v) is 10.6. The molecule has 0 saturated carbocycles. The molecule has 0 amide bonds. The van der Waals surface area contributed by atoms with Crippen molar-refractivity contribution in [1.82, 2.24) is 0 Å². The Bertz CT molecular complexity index is 718. The van der Waals surface area contributed by atoms with Crippen LogP contribution in [-0.4, -0.2) is 0 Å². The molecule has 2 aromatic carbocycles. The largest absolute Gasteiger partial charge is 0.136 e. The van der Waals surface area contributed by atoms with Gasteiger partial charge in [0, 0.05) is 19.0 Å². The molecule has 1 aliphatic rings. The van der Waals surface area contributed by atoms with Crippen LogP contribution in [0.2, 0.25) is 0 Å². The predicted octanol–water partition coefficient (Wildman–Crippen LogP) is 8.03. The van der Waals surface area contributed by atoms with Crippen molar-refractivity contribution in [3.05, 3.63) is 42.7 Å². The van der Waals surface area contributed by atoms with Gasteiger partial charge >= 0.3 is 0 Å². The zero-order valence-electron chi connectivity index (χ0n) is 8.88. The second kappa shape index (κ2) is 5.03. The van der Waals surface area contributed by atoms with Gasteiger partial charge in [0.2, 0.25) is 0 Å². The third-order valence-electron chi connectivity index (χ3n) is 3.20. The van der Waals surface area contributed by atoms with E-state index in [0.29, 0.717) is 0 Å². The Labute approximate surface area is 169 Å². The van der Waals surface area contributed by atoms with E-state index in [2.05, 4.69) is 130 Å². The minimum Gasteiger partial charge on any atom is -0.0645 e. The fourth-order valence-electron chi connectivity index (χ4n) is 2.32. The van der Waals surface area contributed by atoms with Crippen molar-refractivity contribution in [1.29, 1.82) is 0 Å². The van der Waals surface area contributed by atoms with Crippen LogP contribution in [0.15, 0.2) is 31.6 Å². The molecule has 0 N–H and O–H groups in total. The van der Waals surface area contributed by atoms with Gasteiger partial charge in [0.15, 0.2) is 0 Å². The molecule has 0 atom stereocenters. The molecular weight excluding hydrogens is 703 g/mol. The van der Waals surface area contributed by atoms with Crippen LogP contribution in [-0.2, 0) is 6.47 Å². The van der Waals surface area contributed by atoms with Crippen LogP contribution in [0.5, 0.6) is 0 Å². The van der Waals surface area contributed by atoms with E-state index < -0.39 is 6.47 Å². The van der Waals surface area contributed by atoms with E-state index >= 15 is 0 Å². The van der Waals surface area contributed by atoms with E-state index in [-0.39, 0.29) is 0 Å². The van der Waals surface area contributed by atoms with Crippen LogP contribution < -0.4 is 0 Å². The van der Waals surface area contributed by atoms with Gasteiger partial charge in [0.05, 0.1) is 0 Å². The summed E-state index contributed by atoms with van der Waals surface area (Å²) in [6.45, 7) is 0. The summed E-state index contributed by atoms with van der Waals surface area (Å²) < 4.78 is 2.21. The van der Waals surface area contributed by atoms with Gasteiger partial charge in [-0.05, 0) is 64.1 Å². The first-order valence-electron chi connectivity index (χ1n) is 5.07. The summed E-state index contributed by atoms with van der Waals surface area (Å²) >= 11 is 26.2. The number of hydrogen-bond acceptors (Lipinski definition) is 0. The van der Waals surface area contributed by atoms with Gasteiger partial charge in [-0.15, -0.1) is 0 Å². The predicted molar refractivity (Wildman–Crippen MR) is 106 cm³/mol. The lowest BCUT2D eigenvalue weighted by molar-refractivity contribution is 0.890.